The minimum Gasteiger partial charge on any atom is -0.324 e. The molecule has 4 nitrogen and oxygen atoms in total. The number of amides is 1. The van der Waals surface area contributed by atoms with Crippen LogP contribution >= 0.6 is 23.2 Å². The van der Waals surface area contributed by atoms with E-state index in [4.69, 9.17) is 28.2 Å². The Balaban J connectivity index is 2.35. The summed E-state index contributed by atoms with van der Waals surface area (Å²) in [7, 11) is 0. The second-order valence-electron chi connectivity index (χ2n) is 6.79. The van der Waals surface area contributed by atoms with E-state index in [9.17, 15) is 9.59 Å². The number of carbonyl (C=O) groups is 2. The molecule has 0 atom stereocenters. The Hall–Kier alpha value is -2.69. The molecule has 0 fully saturated rings. The van der Waals surface area contributed by atoms with E-state index >= 15 is 0 Å². The van der Waals surface area contributed by atoms with Crippen LogP contribution in [-0.4, -0.2) is 16.7 Å². The lowest BCUT2D eigenvalue weighted by molar-refractivity contribution is -0.124. The Kier molecular flexibility index (Phi) is 6.36. The predicted octanol–water partition coefficient (Wildman–Crippen LogP) is 6.26. The summed E-state index contributed by atoms with van der Waals surface area (Å²) in [5.41, 5.74) is 4.86. The number of nitrogens with zero attached hydrogens (tertiary/aromatic N) is 1. The van der Waals surface area contributed by atoms with Crippen LogP contribution in [0.25, 0.3) is 22.3 Å². The highest BCUT2D eigenvalue weighted by molar-refractivity contribution is 6.34. The lowest BCUT2D eigenvalue weighted by Crippen LogP contribution is -2.17. The van der Waals surface area contributed by atoms with Crippen molar-refractivity contribution in [2.75, 3.05) is 5.32 Å². The lowest BCUT2D eigenvalue weighted by Gasteiger charge is -2.21. The Morgan fingerprint density at radius 2 is 1.31 bits per heavy atom. The Bertz CT molecular complexity index is 1040. The van der Waals surface area contributed by atoms with Crippen LogP contribution in [0.15, 0.2) is 48.5 Å². The van der Waals surface area contributed by atoms with Crippen molar-refractivity contribution in [3.05, 3.63) is 70.0 Å². The predicted molar refractivity (Wildman–Crippen MR) is 119 cm³/mol. The van der Waals surface area contributed by atoms with E-state index in [-0.39, 0.29) is 12.2 Å². The molecule has 0 unspecified atom stereocenters. The summed E-state index contributed by atoms with van der Waals surface area (Å²) in [6.45, 7) is 5.11. The number of halogens is 2. The van der Waals surface area contributed by atoms with E-state index in [1.807, 2.05) is 50.2 Å². The summed E-state index contributed by atoms with van der Waals surface area (Å²) in [6, 6.07) is 14.7. The highest BCUT2D eigenvalue weighted by Crippen LogP contribution is 2.44. The van der Waals surface area contributed by atoms with Gasteiger partial charge in [0.1, 0.15) is 5.78 Å². The molecule has 148 valence electrons. The first-order valence-electron chi connectivity index (χ1n) is 9.10. The summed E-state index contributed by atoms with van der Waals surface area (Å²) in [5.74, 6) is -0.618. The molecule has 1 amide bonds. The van der Waals surface area contributed by atoms with E-state index in [1.165, 1.54) is 6.92 Å². The van der Waals surface area contributed by atoms with E-state index in [1.54, 1.807) is 12.1 Å². The molecule has 0 radical (unpaired) electrons. The van der Waals surface area contributed by atoms with Gasteiger partial charge in [0.25, 0.3) is 0 Å². The smallest absolute Gasteiger partial charge is 0.231 e. The van der Waals surface area contributed by atoms with Crippen molar-refractivity contribution in [3.8, 4) is 22.3 Å². The Labute approximate surface area is 179 Å². The number of aromatic nitrogens is 1. The highest BCUT2D eigenvalue weighted by atomic mass is 35.5. The van der Waals surface area contributed by atoms with Gasteiger partial charge in [0.2, 0.25) is 5.91 Å². The second kappa shape index (κ2) is 8.76. The third-order valence-electron chi connectivity index (χ3n) is 4.52. The van der Waals surface area contributed by atoms with Crippen molar-refractivity contribution in [1.82, 2.24) is 4.98 Å². The first-order valence-corrected chi connectivity index (χ1v) is 9.85. The van der Waals surface area contributed by atoms with Crippen LogP contribution in [0.4, 0.5) is 5.69 Å². The van der Waals surface area contributed by atoms with Crippen molar-refractivity contribution in [2.24, 2.45) is 0 Å². The van der Waals surface area contributed by atoms with Crippen LogP contribution in [-0.2, 0) is 9.59 Å². The monoisotopic (exact) mass is 426 g/mol. The molecule has 0 aliphatic carbocycles. The number of ketones is 1. The normalized spacial score (nSPS) is 10.7. The van der Waals surface area contributed by atoms with Crippen molar-refractivity contribution >= 4 is 40.6 Å². The first kappa shape index (κ1) is 21.0. The van der Waals surface area contributed by atoms with Gasteiger partial charge in [-0.2, -0.15) is 0 Å². The standard InChI is InChI=1S/C23H20Cl2N2O2/c1-13(28)12-20(29)27-23-21(16-8-4-6-10-18(16)24)14(2)26-15(3)22(23)17-9-5-7-11-19(17)25/h4-11H,12H2,1-3H3,(H,26,27,29). The summed E-state index contributed by atoms with van der Waals surface area (Å²) in [5, 5.41) is 4.00. The van der Waals surface area contributed by atoms with E-state index in [2.05, 4.69) is 5.32 Å². The number of carbonyl (C=O) groups excluding carboxylic acids is 2. The summed E-state index contributed by atoms with van der Waals surface area (Å²) in [4.78, 5) is 28.7. The van der Waals surface area contributed by atoms with E-state index in [0.29, 0.717) is 38.2 Å². The van der Waals surface area contributed by atoms with Gasteiger partial charge in [0.05, 0.1) is 12.1 Å². The molecule has 1 aromatic heterocycles. The maximum atomic E-state index is 12.6. The van der Waals surface area contributed by atoms with E-state index in [0.717, 1.165) is 11.1 Å². The number of Topliss-reactive ketones (excluding diaryl/α,β-unsaturated/α-hetero) is 1. The average molecular weight is 427 g/mol. The van der Waals surface area contributed by atoms with E-state index < -0.39 is 5.91 Å². The number of hydrogen-bond donors (Lipinski definition) is 1. The number of benzene rings is 2. The molecule has 0 bridgehead atoms. The Morgan fingerprint density at radius 3 is 1.72 bits per heavy atom. The van der Waals surface area contributed by atoms with Crippen molar-refractivity contribution in [2.45, 2.75) is 27.2 Å². The molecule has 29 heavy (non-hydrogen) atoms. The van der Waals surface area contributed by atoms with Crippen LogP contribution in [0.3, 0.4) is 0 Å². The molecule has 3 aromatic rings. The molecule has 1 heterocycles. The van der Waals surface area contributed by atoms with Gasteiger partial charge in [-0.25, -0.2) is 0 Å². The zero-order chi connectivity index (χ0) is 21.1. The number of rotatable bonds is 5. The van der Waals surface area contributed by atoms with Crippen LogP contribution in [0.5, 0.6) is 0 Å². The molecule has 6 heteroatoms. The third kappa shape index (κ3) is 4.50. The number of nitrogens with one attached hydrogen (secondary N) is 1. The minimum atomic E-state index is -0.399. The van der Waals surface area contributed by atoms with Crippen molar-refractivity contribution < 1.29 is 9.59 Å². The van der Waals surface area contributed by atoms with Gasteiger partial charge < -0.3 is 5.32 Å². The molecule has 0 saturated heterocycles. The topological polar surface area (TPSA) is 59.1 Å². The van der Waals surface area contributed by atoms with Gasteiger partial charge in [-0.15, -0.1) is 0 Å². The average Bonchev–Trinajstić information content (AvgIpc) is 2.63. The van der Waals surface area contributed by atoms with Gasteiger partial charge in [0.15, 0.2) is 0 Å². The fraction of sp³-hybridized carbons (Fsp3) is 0.174. The molecule has 3 rings (SSSR count). The van der Waals surface area contributed by atoms with Crippen LogP contribution in [0.1, 0.15) is 24.7 Å². The SMILES string of the molecule is CC(=O)CC(=O)Nc1c(-c2ccccc2Cl)c(C)nc(C)c1-c1ccccc1Cl. The summed E-state index contributed by atoms with van der Waals surface area (Å²) >= 11 is 12.9. The fourth-order valence-electron chi connectivity index (χ4n) is 3.37. The lowest BCUT2D eigenvalue weighted by atomic mass is 9.93. The fourth-order valence-corrected chi connectivity index (χ4v) is 3.83. The number of hydrogen-bond acceptors (Lipinski definition) is 3. The zero-order valence-corrected chi connectivity index (χ0v) is 17.9. The molecule has 0 saturated carbocycles. The molecule has 0 aliphatic rings. The van der Waals surface area contributed by atoms with Gasteiger partial charge in [-0.05, 0) is 32.9 Å². The van der Waals surface area contributed by atoms with Gasteiger partial charge in [-0.1, -0.05) is 59.6 Å². The van der Waals surface area contributed by atoms with Gasteiger partial charge in [-0.3, -0.25) is 14.6 Å². The summed E-state index contributed by atoms with van der Waals surface area (Å²) < 4.78 is 0. The second-order valence-corrected chi connectivity index (χ2v) is 7.61. The maximum absolute atomic E-state index is 12.6. The van der Waals surface area contributed by atoms with Crippen LogP contribution in [0.2, 0.25) is 10.0 Å². The molecule has 0 aliphatic heterocycles. The largest absolute Gasteiger partial charge is 0.324 e. The van der Waals surface area contributed by atoms with Crippen molar-refractivity contribution in [3.63, 3.8) is 0 Å². The minimum absolute atomic E-state index is 0.218. The van der Waals surface area contributed by atoms with Gasteiger partial charge in [0, 0.05) is 43.7 Å². The first-order chi connectivity index (χ1) is 13.8. The van der Waals surface area contributed by atoms with Gasteiger partial charge >= 0.3 is 0 Å². The molecule has 1 N–H and O–H groups in total. The maximum Gasteiger partial charge on any atom is 0.231 e. The molecular formula is C23H20Cl2N2O2. The third-order valence-corrected chi connectivity index (χ3v) is 5.18. The number of aryl methyl sites for hydroxylation is 2. The summed E-state index contributed by atoms with van der Waals surface area (Å²) in [6.07, 6.45) is -0.218. The highest BCUT2D eigenvalue weighted by Gasteiger charge is 2.23. The van der Waals surface area contributed by atoms with Crippen LogP contribution < -0.4 is 5.32 Å². The number of pyridine rings is 1. The molecular weight excluding hydrogens is 407 g/mol. The quantitative estimate of drug-likeness (QED) is 0.489. The molecule has 0 spiro atoms. The Morgan fingerprint density at radius 1 is 0.862 bits per heavy atom. The number of anilines is 1. The molecule has 2 aromatic carbocycles. The zero-order valence-electron chi connectivity index (χ0n) is 16.3. The van der Waals surface area contributed by atoms with Crippen molar-refractivity contribution in [1.29, 1.82) is 0 Å². The van der Waals surface area contributed by atoms with Crippen LogP contribution in [0, 0.1) is 13.8 Å².